The van der Waals surface area contributed by atoms with Gasteiger partial charge in [0.05, 0.1) is 16.2 Å². The van der Waals surface area contributed by atoms with E-state index >= 15 is 0 Å². The fourth-order valence-electron chi connectivity index (χ4n) is 2.50. The molecule has 0 amide bonds. The number of non-ortho nitro benzene ring substituents is 1. The van der Waals surface area contributed by atoms with E-state index in [0.717, 1.165) is 23.9 Å². The van der Waals surface area contributed by atoms with Crippen LogP contribution in [0.2, 0.25) is 0 Å². The van der Waals surface area contributed by atoms with Crippen molar-refractivity contribution in [2.75, 3.05) is 41.7 Å². The zero-order valence-electron chi connectivity index (χ0n) is 12.0. The summed E-state index contributed by atoms with van der Waals surface area (Å²) in [7, 11) is 0. The fourth-order valence-corrected chi connectivity index (χ4v) is 3.14. The van der Waals surface area contributed by atoms with Gasteiger partial charge in [0, 0.05) is 49.8 Å². The molecule has 0 radical (unpaired) electrons. The number of rotatable bonds is 3. The van der Waals surface area contributed by atoms with E-state index in [-0.39, 0.29) is 11.6 Å². The molecular weight excluding hydrogens is 318 g/mol. The van der Waals surface area contributed by atoms with Crippen LogP contribution in [0, 0.1) is 21.4 Å². The molecule has 10 heteroatoms. The van der Waals surface area contributed by atoms with Crippen LogP contribution in [0.4, 0.5) is 22.5 Å². The number of piperazine rings is 1. The summed E-state index contributed by atoms with van der Waals surface area (Å²) in [6.07, 6.45) is 0. The van der Waals surface area contributed by atoms with Gasteiger partial charge in [0.1, 0.15) is 6.07 Å². The van der Waals surface area contributed by atoms with Gasteiger partial charge in [0.2, 0.25) is 11.1 Å². The minimum Gasteiger partial charge on any atom is -0.367 e. The van der Waals surface area contributed by atoms with E-state index in [4.69, 9.17) is 5.73 Å². The van der Waals surface area contributed by atoms with Gasteiger partial charge in [-0.2, -0.15) is 14.6 Å². The third-order valence-electron chi connectivity index (χ3n) is 3.63. The number of aromatic nitrogens is 2. The highest BCUT2D eigenvalue weighted by Crippen LogP contribution is 2.27. The lowest BCUT2D eigenvalue weighted by atomic mass is 10.1. The Morgan fingerprint density at radius 1 is 1.30 bits per heavy atom. The van der Waals surface area contributed by atoms with Crippen LogP contribution in [0.25, 0.3) is 0 Å². The molecule has 0 bridgehead atoms. The van der Waals surface area contributed by atoms with E-state index in [2.05, 4.69) is 14.3 Å². The molecule has 1 aliphatic rings. The third-order valence-corrected chi connectivity index (χ3v) is 4.42. The number of nitrogens with zero attached hydrogens (tertiary/aromatic N) is 6. The first kappa shape index (κ1) is 15.0. The number of hydrogen-bond donors (Lipinski definition) is 1. The van der Waals surface area contributed by atoms with Crippen LogP contribution in [0.15, 0.2) is 18.2 Å². The second-order valence-corrected chi connectivity index (χ2v) is 5.71. The molecule has 118 valence electrons. The SMILES string of the molecule is N#Cc1cc([N+](=O)[O-])ccc1N1CCN(c2nc(N)ns2)CC1. The minimum absolute atomic E-state index is 0.0757. The largest absolute Gasteiger partial charge is 0.367 e. The van der Waals surface area contributed by atoms with Crippen molar-refractivity contribution >= 4 is 34.0 Å². The number of benzene rings is 1. The standard InChI is InChI=1S/C13H13N7O2S/c14-8-9-7-10(20(21)22)1-2-11(9)18-3-5-19(6-4-18)13-16-12(15)17-23-13/h1-2,7H,3-6H2,(H2,15,17). The molecule has 1 aliphatic heterocycles. The summed E-state index contributed by atoms with van der Waals surface area (Å²) in [5, 5.41) is 20.8. The highest BCUT2D eigenvalue weighted by atomic mass is 32.1. The van der Waals surface area contributed by atoms with Crippen molar-refractivity contribution in [2.24, 2.45) is 0 Å². The van der Waals surface area contributed by atoms with Gasteiger partial charge in [-0.15, -0.1) is 0 Å². The Balaban J connectivity index is 1.75. The molecule has 0 aliphatic carbocycles. The number of anilines is 3. The van der Waals surface area contributed by atoms with E-state index in [9.17, 15) is 15.4 Å². The van der Waals surface area contributed by atoms with Crippen LogP contribution >= 0.6 is 11.5 Å². The molecule has 1 aromatic carbocycles. The molecule has 0 atom stereocenters. The Bertz CT molecular complexity index is 777. The molecule has 0 spiro atoms. The van der Waals surface area contributed by atoms with Gasteiger partial charge >= 0.3 is 0 Å². The quantitative estimate of drug-likeness (QED) is 0.657. The van der Waals surface area contributed by atoms with Crippen molar-refractivity contribution in [3.63, 3.8) is 0 Å². The maximum absolute atomic E-state index is 10.8. The zero-order chi connectivity index (χ0) is 16.4. The van der Waals surface area contributed by atoms with Crippen LogP contribution in [0.3, 0.4) is 0 Å². The predicted octanol–water partition coefficient (Wildman–Crippen LogP) is 1.23. The van der Waals surface area contributed by atoms with Crippen molar-refractivity contribution in [1.29, 1.82) is 5.26 Å². The predicted molar refractivity (Wildman–Crippen MR) is 86.6 cm³/mol. The summed E-state index contributed by atoms with van der Waals surface area (Å²) in [5.41, 5.74) is 6.49. The second kappa shape index (κ2) is 6.05. The highest BCUT2D eigenvalue weighted by molar-refractivity contribution is 7.09. The smallest absolute Gasteiger partial charge is 0.270 e. The Morgan fingerprint density at radius 3 is 2.57 bits per heavy atom. The summed E-state index contributed by atoms with van der Waals surface area (Å²) >= 11 is 1.26. The van der Waals surface area contributed by atoms with Gasteiger partial charge in [-0.05, 0) is 6.07 Å². The summed E-state index contributed by atoms with van der Waals surface area (Å²) < 4.78 is 3.97. The molecule has 2 aromatic rings. The van der Waals surface area contributed by atoms with E-state index in [0.29, 0.717) is 18.7 Å². The third kappa shape index (κ3) is 3.00. The molecule has 23 heavy (non-hydrogen) atoms. The molecule has 2 N–H and O–H groups in total. The number of hydrogen-bond acceptors (Lipinski definition) is 9. The average Bonchev–Trinajstić information content (AvgIpc) is 3.01. The number of nitrogen functional groups attached to an aromatic ring is 1. The summed E-state index contributed by atoms with van der Waals surface area (Å²) in [4.78, 5) is 18.6. The summed E-state index contributed by atoms with van der Waals surface area (Å²) in [5.74, 6) is 0.273. The molecule has 3 rings (SSSR count). The maximum Gasteiger partial charge on any atom is 0.270 e. The molecule has 0 saturated carbocycles. The first-order valence-electron chi connectivity index (χ1n) is 6.86. The molecule has 1 saturated heterocycles. The van der Waals surface area contributed by atoms with Crippen molar-refractivity contribution in [3.05, 3.63) is 33.9 Å². The zero-order valence-corrected chi connectivity index (χ0v) is 12.9. The molecule has 1 aromatic heterocycles. The lowest BCUT2D eigenvalue weighted by Gasteiger charge is -2.36. The van der Waals surface area contributed by atoms with Crippen LogP contribution in [0.5, 0.6) is 0 Å². The maximum atomic E-state index is 10.8. The van der Waals surface area contributed by atoms with Crippen LogP contribution in [-0.4, -0.2) is 40.5 Å². The van der Waals surface area contributed by atoms with Gasteiger partial charge in [-0.1, -0.05) is 0 Å². The molecular formula is C13H13N7O2S. The van der Waals surface area contributed by atoms with Crippen molar-refractivity contribution in [2.45, 2.75) is 0 Å². The number of nitro groups is 1. The normalized spacial score (nSPS) is 14.6. The Kier molecular flexibility index (Phi) is 3.94. The Hall–Kier alpha value is -2.93. The Labute approximate surface area is 135 Å². The van der Waals surface area contributed by atoms with Crippen molar-refractivity contribution in [1.82, 2.24) is 9.36 Å². The molecule has 2 heterocycles. The van der Waals surface area contributed by atoms with E-state index in [1.54, 1.807) is 6.07 Å². The first-order valence-corrected chi connectivity index (χ1v) is 7.63. The van der Waals surface area contributed by atoms with E-state index in [1.165, 1.54) is 23.7 Å². The average molecular weight is 331 g/mol. The van der Waals surface area contributed by atoms with E-state index < -0.39 is 4.92 Å². The van der Waals surface area contributed by atoms with Crippen LogP contribution in [0.1, 0.15) is 5.56 Å². The molecule has 1 fully saturated rings. The fraction of sp³-hybridized carbons (Fsp3) is 0.308. The lowest BCUT2D eigenvalue weighted by Crippen LogP contribution is -2.46. The van der Waals surface area contributed by atoms with E-state index in [1.807, 2.05) is 11.0 Å². The van der Waals surface area contributed by atoms with Gasteiger partial charge in [0.15, 0.2) is 0 Å². The molecule has 0 unspecified atom stereocenters. The lowest BCUT2D eigenvalue weighted by molar-refractivity contribution is -0.384. The monoisotopic (exact) mass is 331 g/mol. The van der Waals surface area contributed by atoms with Gasteiger partial charge < -0.3 is 15.5 Å². The van der Waals surface area contributed by atoms with Gasteiger partial charge in [-0.25, -0.2) is 0 Å². The van der Waals surface area contributed by atoms with Crippen LogP contribution in [-0.2, 0) is 0 Å². The highest BCUT2D eigenvalue weighted by Gasteiger charge is 2.22. The van der Waals surface area contributed by atoms with Gasteiger partial charge in [-0.3, -0.25) is 10.1 Å². The van der Waals surface area contributed by atoms with Crippen molar-refractivity contribution in [3.8, 4) is 6.07 Å². The summed E-state index contributed by atoms with van der Waals surface area (Å²) in [6, 6.07) is 6.41. The first-order chi connectivity index (χ1) is 11.1. The molecule has 9 nitrogen and oxygen atoms in total. The Morgan fingerprint density at radius 2 is 2.00 bits per heavy atom. The number of nitrogens with two attached hydrogens (primary N) is 1. The van der Waals surface area contributed by atoms with Crippen molar-refractivity contribution < 1.29 is 4.92 Å². The second-order valence-electron chi connectivity index (χ2n) is 4.98. The van der Waals surface area contributed by atoms with Gasteiger partial charge in [0.25, 0.3) is 5.69 Å². The summed E-state index contributed by atoms with van der Waals surface area (Å²) in [6.45, 7) is 2.81. The number of nitriles is 1. The topological polar surface area (TPSA) is 125 Å². The number of nitro benzene ring substituents is 1. The minimum atomic E-state index is -0.498. The van der Waals surface area contributed by atoms with Crippen LogP contribution < -0.4 is 15.5 Å².